The summed E-state index contributed by atoms with van der Waals surface area (Å²) in [5.41, 5.74) is 4.97. The molecule has 2 fully saturated rings. The summed E-state index contributed by atoms with van der Waals surface area (Å²) >= 11 is 0. The molecule has 1 aromatic heterocycles. The molecule has 3 nitrogen and oxygen atoms in total. The molecule has 0 N–H and O–H groups in total. The SMILES string of the molecule is Cc1ccc2c(CC(=O)N3CC4(C)CC3CC(C)(C)C4)coc2c1C. The Labute approximate surface area is 150 Å². The third-order valence-corrected chi connectivity index (χ3v) is 6.42. The maximum atomic E-state index is 13.1. The van der Waals surface area contributed by atoms with Crippen molar-refractivity contribution in [2.75, 3.05) is 6.54 Å². The lowest BCUT2D eigenvalue weighted by Gasteiger charge is -2.39. The molecule has 1 aliphatic heterocycles. The Kier molecular flexibility index (Phi) is 3.58. The largest absolute Gasteiger partial charge is 0.464 e. The van der Waals surface area contributed by atoms with Crippen LogP contribution in [0.15, 0.2) is 22.8 Å². The molecule has 1 saturated carbocycles. The second-order valence-electron chi connectivity index (χ2n) is 9.56. The number of aryl methyl sites for hydroxylation is 2. The molecule has 134 valence electrons. The third kappa shape index (κ3) is 2.78. The topological polar surface area (TPSA) is 33.5 Å². The fourth-order valence-corrected chi connectivity index (χ4v) is 5.54. The lowest BCUT2D eigenvalue weighted by molar-refractivity contribution is -0.131. The van der Waals surface area contributed by atoms with Gasteiger partial charge in [0.05, 0.1) is 12.7 Å². The molecule has 3 heteroatoms. The van der Waals surface area contributed by atoms with Crippen LogP contribution in [0.25, 0.3) is 11.0 Å². The fraction of sp³-hybridized carbons (Fsp3) is 0.591. The molecule has 1 saturated heterocycles. The number of carbonyl (C=O) groups excluding carboxylic acids is 1. The molecule has 0 radical (unpaired) electrons. The van der Waals surface area contributed by atoms with E-state index in [-0.39, 0.29) is 11.3 Å². The van der Waals surface area contributed by atoms with Gasteiger partial charge in [-0.05, 0) is 55.1 Å². The van der Waals surface area contributed by atoms with Crippen LogP contribution < -0.4 is 0 Å². The Morgan fingerprint density at radius 3 is 2.76 bits per heavy atom. The van der Waals surface area contributed by atoms with Gasteiger partial charge in [0.1, 0.15) is 5.58 Å². The zero-order valence-corrected chi connectivity index (χ0v) is 16.1. The predicted octanol–water partition coefficient (Wildman–Crippen LogP) is 5.02. The van der Waals surface area contributed by atoms with Crippen molar-refractivity contribution in [2.45, 2.75) is 66.3 Å². The van der Waals surface area contributed by atoms with Gasteiger partial charge in [-0.3, -0.25) is 4.79 Å². The first kappa shape index (κ1) is 16.7. The summed E-state index contributed by atoms with van der Waals surface area (Å²) < 4.78 is 5.79. The van der Waals surface area contributed by atoms with Gasteiger partial charge in [-0.25, -0.2) is 0 Å². The molecule has 2 aromatic rings. The number of amides is 1. The van der Waals surface area contributed by atoms with Gasteiger partial charge in [0.15, 0.2) is 0 Å². The molecule has 0 spiro atoms. The number of likely N-dealkylation sites (tertiary alicyclic amines) is 1. The van der Waals surface area contributed by atoms with Crippen molar-refractivity contribution in [3.63, 3.8) is 0 Å². The van der Waals surface area contributed by atoms with Crippen molar-refractivity contribution in [3.05, 3.63) is 35.1 Å². The lowest BCUT2D eigenvalue weighted by atomic mass is 9.65. The number of hydrogen-bond acceptors (Lipinski definition) is 2. The summed E-state index contributed by atoms with van der Waals surface area (Å²) in [4.78, 5) is 15.2. The maximum Gasteiger partial charge on any atom is 0.227 e. The van der Waals surface area contributed by atoms with Gasteiger partial charge in [-0.2, -0.15) is 0 Å². The third-order valence-electron chi connectivity index (χ3n) is 6.42. The van der Waals surface area contributed by atoms with Crippen LogP contribution in [0.3, 0.4) is 0 Å². The van der Waals surface area contributed by atoms with E-state index in [1.165, 1.54) is 17.5 Å². The highest BCUT2D eigenvalue weighted by Crippen LogP contribution is 2.52. The highest BCUT2D eigenvalue weighted by molar-refractivity contribution is 5.89. The summed E-state index contributed by atoms with van der Waals surface area (Å²) in [7, 11) is 0. The standard InChI is InChI=1S/C22H29NO2/c1-14-6-7-18-16(11-25-20(18)15(14)2)8-19(24)23-13-22(5)10-17(23)9-21(3,4)12-22/h6-7,11,17H,8-10,12-13H2,1-5H3. The summed E-state index contributed by atoms with van der Waals surface area (Å²) in [6, 6.07) is 4.62. The molecule has 25 heavy (non-hydrogen) atoms. The quantitative estimate of drug-likeness (QED) is 0.770. The highest BCUT2D eigenvalue weighted by atomic mass is 16.3. The molecule has 2 unspecified atom stereocenters. The van der Waals surface area contributed by atoms with Gasteiger partial charge in [-0.1, -0.05) is 32.9 Å². The monoisotopic (exact) mass is 339 g/mol. The number of rotatable bonds is 2. The van der Waals surface area contributed by atoms with E-state index in [1.54, 1.807) is 6.26 Å². The molecule has 1 aromatic carbocycles. The second kappa shape index (κ2) is 5.36. The molecule has 2 aliphatic rings. The fourth-order valence-electron chi connectivity index (χ4n) is 5.54. The van der Waals surface area contributed by atoms with Crippen LogP contribution in [0.4, 0.5) is 0 Å². The molecule has 2 atom stereocenters. The van der Waals surface area contributed by atoms with E-state index in [1.807, 2.05) is 0 Å². The minimum atomic E-state index is 0.257. The maximum absolute atomic E-state index is 13.1. The van der Waals surface area contributed by atoms with Gasteiger partial charge in [0, 0.05) is 23.5 Å². The zero-order valence-electron chi connectivity index (χ0n) is 16.1. The number of nitrogens with zero attached hydrogens (tertiary/aromatic N) is 1. The van der Waals surface area contributed by atoms with Crippen LogP contribution in [0.2, 0.25) is 0 Å². The molecule has 1 aliphatic carbocycles. The average molecular weight is 339 g/mol. The Balaban J connectivity index is 1.58. The highest BCUT2D eigenvalue weighted by Gasteiger charge is 2.50. The van der Waals surface area contributed by atoms with Crippen molar-refractivity contribution in [1.29, 1.82) is 0 Å². The summed E-state index contributed by atoms with van der Waals surface area (Å²) in [6.45, 7) is 12.1. The Morgan fingerprint density at radius 1 is 1.24 bits per heavy atom. The van der Waals surface area contributed by atoms with Crippen LogP contribution in [0.1, 0.15) is 56.7 Å². The summed E-state index contributed by atoms with van der Waals surface area (Å²) in [5, 5.41) is 1.09. The van der Waals surface area contributed by atoms with Crippen LogP contribution >= 0.6 is 0 Å². The van der Waals surface area contributed by atoms with Crippen LogP contribution in [-0.4, -0.2) is 23.4 Å². The van der Waals surface area contributed by atoms with E-state index in [9.17, 15) is 4.79 Å². The normalized spacial score (nSPS) is 27.9. The Bertz CT molecular complexity index is 847. The first-order chi connectivity index (χ1) is 11.7. The van der Waals surface area contributed by atoms with Crippen LogP contribution in [-0.2, 0) is 11.2 Å². The van der Waals surface area contributed by atoms with Crippen molar-refractivity contribution < 1.29 is 9.21 Å². The average Bonchev–Trinajstić information content (AvgIpc) is 3.01. The van der Waals surface area contributed by atoms with E-state index in [2.05, 4.69) is 51.7 Å². The first-order valence-corrected chi connectivity index (χ1v) is 9.43. The number of carbonyl (C=O) groups is 1. The Hall–Kier alpha value is -1.77. The van der Waals surface area contributed by atoms with E-state index in [0.29, 0.717) is 17.9 Å². The summed E-state index contributed by atoms with van der Waals surface area (Å²) in [5.74, 6) is 0.257. The molecule has 2 heterocycles. The minimum absolute atomic E-state index is 0.257. The predicted molar refractivity (Wildman–Crippen MR) is 101 cm³/mol. The molecule has 4 rings (SSSR count). The van der Waals surface area contributed by atoms with Gasteiger partial charge < -0.3 is 9.32 Å². The lowest BCUT2D eigenvalue weighted by Crippen LogP contribution is -2.38. The van der Waals surface area contributed by atoms with Gasteiger partial charge in [-0.15, -0.1) is 0 Å². The molecule has 1 amide bonds. The van der Waals surface area contributed by atoms with Crippen molar-refractivity contribution >= 4 is 16.9 Å². The van der Waals surface area contributed by atoms with Gasteiger partial charge in [0.25, 0.3) is 0 Å². The van der Waals surface area contributed by atoms with E-state index in [4.69, 9.17) is 4.42 Å². The number of hydrogen-bond donors (Lipinski definition) is 0. The van der Waals surface area contributed by atoms with Crippen molar-refractivity contribution in [3.8, 4) is 0 Å². The van der Waals surface area contributed by atoms with E-state index in [0.717, 1.165) is 35.9 Å². The number of furan rings is 1. The first-order valence-electron chi connectivity index (χ1n) is 9.43. The smallest absolute Gasteiger partial charge is 0.227 e. The molecular weight excluding hydrogens is 310 g/mol. The summed E-state index contributed by atoms with van der Waals surface area (Å²) in [6.07, 6.45) is 5.73. The Morgan fingerprint density at radius 2 is 2.00 bits per heavy atom. The molecular formula is C22H29NO2. The van der Waals surface area contributed by atoms with E-state index < -0.39 is 0 Å². The number of benzene rings is 1. The van der Waals surface area contributed by atoms with Crippen molar-refractivity contribution in [1.82, 2.24) is 4.90 Å². The minimum Gasteiger partial charge on any atom is -0.464 e. The van der Waals surface area contributed by atoms with Crippen LogP contribution in [0, 0.1) is 24.7 Å². The molecule has 2 bridgehead atoms. The van der Waals surface area contributed by atoms with Gasteiger partial charge >= 0.3 is 0 Å². The van der Waals surface area contributed by atoms with E-state index >= 15 is 0 Å². The second-order valence-corrected chi connectivity index (χ2v) is 9.56. The van der Waals surface area contributed by atoms with Crippen molar-refractivity contribution in [2.24, 2.45) is 10.8 Å². The zero-order chi connectivity index (χ0) is 18.0. The van der Waals surface area contributed by atoms with Gasteiger partial charge in [0.2, 0.25) is 5.91 Å². The van der Waals surface area contributed by atoms with Crippen LogP contribution in [0.5, 0.6) is 0 Å². The number of fused-ring (bicyclic) bond motifs is 3.